The lowest BCUT2D eigenvalue weighted by Crippen LogP contribution is -2.28. The number of urea groups is 1. The predicted molar refractivity (Wildman–Crippen MR) is 83.0 cm³/mol. The Bertz CT molecular complexity index is 602. The Morgan fingerprint density at radius 1 is 1.20 bits per heavy atom. The Kier molecular flexibility index (Phi) is 5.01. The summed E-state index contributed by atoms with van der Waals surface area (Å²) >= 11 is 3.40. The minimum absolute atomic E-state index is 0.269. The number of anilines is 1. The second kappa shape index (κ2) is 6.96. The van der Waals surface area contributed by atoms with Gasteiger partial charge in [0.25, 0.3) is 0 Å². The molecule has 104 valence electrons. The third-order valence-corrected chi connectivity index (χ3v) is 3.19. The van der Waals surface area contributed by atoms with Crippen molar-refractivity contribution in [3.05, 3.63) is 58.6 Å². The summed E-state index contributed by atoms with van der Waals surface area (Å²) in [5.74, 6) is 0.630. The molecule has 20 heavy (non-hydrogen) atoms. The molecule has 0 aliphatic rings. The lowest BCUT2D eigenvalue weighted by Gasteiger charge is -2.11. The molecule has 0 aliphatic heterocycles. The Morgan fingerprint density at radius 3 is 2.75 bits per heavy atom. The molecule has 5 heteroatoms. The van der Waals surface area contributed by atoms with Gasteiger partial charge in [0.1, 0.15) is 5.75 Å². The van der Waals surface area contributed by atoms with Gasteiger partial charge in [-0.15, -0.1) is 0 Å². The van der Waals surface area contributed by atoms with Crippen LogP contribution in [0.1, 0.15) is 5.56 Å². The molecule has 2 rings (SSSR count). The molecule has 2 N–H and O–H groups in total. The molecule has 0 heterocycles. The maximum absolute atomic E-state index is 11.8. The number of methoxy groups -OCH3 is 1. The number of nitrogens with one attached hydrogen (secondary N) is 2. The van der Waals surface area contributed by atoms with Gasteiger partial charge in [0, 0.05) is 11.0 Å². The number of ether oxygens (including phenoxy) is 1. The van der Waals surface area contributed by atoms with E-state index in [1.165, 1.54) is 0 Å². The van der Waals surface area contributed by atoms with E-state index in [-0.39, 0.29) is 6.03 Å². The Balaban J connectivity index is 1.93. The van der Waals surface area contributed by atoms with E-state index in [2.05, 4.69) is 26.6 Å². The predicted octanol–water partition coefficient (Wildman–Crippen LogP) is 3.78. The van der Waals surface area contributed by atoms with E-state index in [1.807, 2.05) is 36.4 Å². The van der Waals surface area contributed by atoms with Gasteiger partial charge in [0.2, 0.25) is 0 Å². The summed E-state index contributed by atoms with van der Waals surface area (Å²) in [4.78, 5) is 11.8. The third-order valence-electron chi connectivity index (χ3n) is 2.70. The number of amides is 2. The molecule has 2 aromatic carbocycles. The SMILES string of the molecule is COc1ccccc1NC(=O)NCc1cccc(Br)c1. The van der Waals surface area contributed by atoms with Crippen molar-refractivity contribution < 1.29 is 9.53 Å². The minimum atomic E-state index is -0.269. The number of hydrogen-bond donors (Lipinski definition) is 2. The smallest absolute Gasteiger partial charge is 0.319 e. The second-order valence-electron chi connectivity index (χ2n) is 4.14. The summed E-state index contributed by atoms with van der Waals surface area (Å²) in [7, 11) is 1.57. The molecular formula is C15H15BrN2O2. The normalized spacial score (nSPS) is 9.90. The maximum atomic E-state index is 11.8. The van der Waals surface area contributed by atoms with Crippen molar-refractivity contribution in [3.63, 3.8) is 0 Å². The van der Waals surface area contributed by atoms with Crippen LogP contribution in [0.25, 0.3) is 0 Å². The molecular weight excluding hydrogens is 320 g/mol. The van der Waals surface area contributed by atoms with E-state index >= 15 is 0 Å². The topological polar surface area (TPSA) is 50.4 Å². The van der Waals surface area contributed by atoms with E-state index in [0.29, 0.717) is 18.0 Å². The molecule has 0 atom stereocenters. The molecule has 4 nitrogen and oxygen atoms in total. The van der Waals surface area contributed by atoms with Crippen molar-refractivity contribution in [1.29, 1.82) is 0 Å². The standard InChI is InChI=1S/C15H15BrN2O2/c1-20-14-8-3-2-7-13(14)18-15(19)17-10-11-5-4-6-12(16)9-11/h2-9H,10H2,1H3,(H2,17,18,19). The third kappa shape index (κ3) is 3.99. The number of halogens is 1. The minimum Gasteiger partial charge on any atom is -0.495 e. The molecule has 0 fully saturated rings. The van der Waals surface area contributed by atoms with Gasteiger partial charge in [-0.1, -0.05) is 40.2 Å². The fourth-order valence-corrected chi connectivity index (χ4v) is 2.19. The maximum Gasteiger partial charge on any atom is 0.319 e. The summed E-state index contributed by atoms with van der Waals surface area (Å²) in [6.45, 7) is 0.459. The van der Waals surface area contributed by atoms with Crippen molar-refractivity contribution in [2.24, 2.45) is 0 Å². The van der Waals surface area contributed by atoms with E-state index in [0.717, 1.165) is 10.0 Å². The Labute approximate surface area is 126 Å². The van der Waals surface area contributed by atoms with E-state index in [4.69, 9.17) is 4.74 Å². The lowest BCUT2D eigenvalue weighted by molar-refractivity contribution is 0.251. The highest BCUT2D eigenvalue weighted by atomic mass is 79.9. The summed E-state index contributed by atoms with van der Waals surface area (Å²) in [6, 6.07) is 14.8. The van der Waals surface area contributed by atoms with Crippen molar-refractivity contribution in [2.45, 2.75) is 6.54 Å². The average molecular weight is 335 g/mol. The summed E-state index contributed by atoms with van der Waals surface area (Å²) in [6.07, 6.45) is 0. The molecule has 0 spiro atoms. The van der Waals surface area contributed by atoms with E-state index < -0.39 is 0 Å². The molecule has 0 unspecified atom stereocenters. The molecule has 0 radical (unpaired) electrons. The molecule has 2 amide bonds. The van der Waals surface area contributed by atoms with Crippen molar-refractivity contribution in [1.82, 2.24) is 5.32 Å². The summed E-state index contributed by atoms with van der Waals surface area (Å²) in [5, 5.41) is 5.56. The summed E-state index contributed by atoms with van der Waals surface area (Å²) in [5.41, 5.74) is 1.66. The molecule has 2 aromatic rings. The van der Waals surface area contributed by atoms with E-state index in [9.17, 15) is 4.79 Å². The number of benzene rings is 2. The zero-order chi connectivity index (χ0) is 14.4. The van der Waals surface area contributed by atoms with Gasteiger partial charge >= 0.3 is 6.03 Å². The first-order valence-corrected chi connectivity index (χ1v) is 6.90. The lowest BCUT2D eigenvalue weighted by atomic mass is 10.2. The number of rotatable bonds is 4. The number of carbonyl (C=O) groups excluding carboxylic acids is 1. The van der Waals surface area contributed by atoms with Gasteiger partial charge in [-0.3, -0.25) is 0 Å². The van der Waals surface area contributed by atoms with Crippen LogP contribution in [0, 0.1) is 0 Å². The van der Waals surface area contributed by atoms with Gasteiger partial charge in [-0.25, -0.2) is 4.79 Å². The quantitative estimate of drug-likeness (QED) is 0.893. The highest BCUT2D eigenvalue weighted by Gasteiger charge is 2.06. The van der Waals surface area contributed by atoms with Gasteiger partial charge in [-0.2, -0.15) is 0 Å². The average Bonchev–Trinajstić information content (AvgIpc) is 2.46. The first kappa shape index (κ1) is 14.4. The fraction of sp³-hybridized carbons (Fsp3) is 0.133. The van der Waals surface area contributed by atoms with Crippen LogP contribution >= 0.6 is 15.9 Å². The van der Waals surface area contributed by atoms with E-state index in [1.54, 1.807) is 19.2 Å². The van der Waals surface area contributed by atoms with Crippen LogP contribution in [0.5, 0.6) is 5.75 Å². The number of hydrogen-bond acceptors (Lipinski definition) is 2. The monoisotopic (exact) mass is 334 g/mol. The van der Waals surface area contributed by atoms with Crippen LogP contribution in [0.4, 0.5) is 10.5 Å². The Hall–Kier alpha value is -2.01. The van der Waals surface area contributed by atoms with Crippen LogP contribution in [0.2, 0.25) is 0 Å². The molecule has 0 saturated carbocycles. The van der Waals surface area contributed by atoms with Crippen LogP contribution < -0.4 is 15.4 Å². The fourth-order valence-electron chi connectivity index (χ4n) is 1.74. The highest BCUT2D eigenvalue weighted by molar-refractivity contribution is 9.10. The first-order valence-electron chi connectivity index (χ1n) is 6.11. The van der Waals surface area contributed by atoms with Crippen LogP contribution in [-0.4, -0.2) is 13.1 Å². The molecule has 0 bridgehead atoms. The zero-order valence-electron chi connectivity index (χ0n) is 11.0. The van der Waals surface area contributed by atoms with Crippen molar-refractivity contribution in [2.75, 3.05) is 12.4 Å². The molecule has 0 aliphatic carbocycles. The summed E-state index contributed by atoms with van der Waals surface area (Å²) < 4.78 is 6.16. The van der Waals surface area contributed by atoms with Crippen LogP contribution in [-0.2, 0) is 6.54 Å². The highest BCUT2D eigenvalue weighted by Crippen LogP contribution is 2.22. The number of para-hydroxylation sites is 2. The van der Waals surface area contributed by atoms with Crippen LogP contribution in [0.3, 0.4) is 0 Å². The largest absolute Gasteiger partial charge is 0.495 e. The second-order valence-corrected chi connectivity index (χ2v) is 5.05. The molecule has 0 saturated heterocycles. The number of carbonyl (C=O) groups is 1. The first-order chi connectivity index (χ1) is 9.69. The van der Waals surface area contributed by atoms with Crippen molar-refractivity contribution in [3.8, 4) is 5.75 Å². The van der Waals surface area contributed by atoms with Crippen molar-refractivity contribution >= 4 is 27.6 Å². The van der Waals surface area contributed by atoms with Gasteiger partial charge in [0.15, 0.2) is 0 Å². The van der Waals surface area contributed by atoms with Gasteiger partial charge in [0.05, 0.1) is 12.8 Å². The van der Waals surface area contributed by atoms with Gasteiger partial charge < -0.3 is 15.4 Å². The Morgan fingerprint density at radius 2 is 2.00 bits per heavy atom. The molecule has 0 aromatic heterocycles. The van der Waals surface area contributed by atoms with Gasteiger partial charge in [-0.05, 0) is 29.8 Å². The zero-order valence-corrected chi connectivity index (χ0v) is 12.6. The van der Waals surface area contributed by atoms with Crippen LogP contribution in [0.15, 0.2) is 53.0 Å².